The van der Waals surface area contributed by atoms with Gasteiger partial charge in [-0.05, 0) is 12.0 Å². The molecule has 3 heteroatoms. The number of thiazole rings is 1. The molecular weight excluding hydrogens is 204 g/mol. The van der Waals surface area contributed by atoms with Crippen LogP contribution >= 0.6 is 11.3 Å². The van der Waals surface area contributed by atoms with E-state index in [1.807, 2.05) is 18.2 Å². The van der Waals surface area contributed by atoms with Crippen molar-refractivity contribution in [3.63, 3.8) is 0 Å². The molecular formula is C12H14N2S. The number of nitrogens with two attached hydrogens (primary N) is 1. The number of hydrogen-bond donors (Lipinski definition) is 1. The highest BCUT2D eigenvalue weighted by molar-refractivity contribution is 7.18. The number of nitrogen functional groups attached to an aromatic ring is 1. The van der Waals surface area contributed by atoms with E-state index in [1.165, 1.54) is 10.4 Å². The molecule has 1 heterocycles. The highest BCUT2D eigenvalue weighted by atomic mass is 32.1. The third-order valence-corrected chi connectivity index (χ3v) is 3.21. The van der Waals surface area contributed by atoms with E-state index < -0.39 is 0 Å². The van der Waals surface area contributed by atoms with E-state index >= 15 is 0 Å². The lowest BCUT2D eigenvalue weighted by atomic mass is 10.1. The summed E-state index contributed by atoms with van der Waals surface area (Å²) in [6.07, 6.45) is 2.10. The Labute approximate surface area is 93.8 Å². The van der Waals surface area contributed by atoms with Gasteiger partial charge in [-0.1, -0.05) is 55.0 Å². The van der Waals surface area contributed by atoms with E-state index in [0.717, 1.165) is 18.5 Å². The van der Waals surface area contributed by atoms with Crippen LogP contribution in [0.3, 0.4) is 0 Å². The smallest absolute Gasteiger partial charge is 0.180 e. The van der Waals surface area contributed by atoms with Crippen LogP contribution in [0.2, 0.25) is 0 Å². The van der Waals surface area contributed by atoms with Crippen molar-refractivity contribution in [1.82, 2.24) is 4.98 Å². The van der Waals surface area contributed by atoms with Crippen LogP contribution in [0, 0.1) is 0 Å². The van der Waals surface area contributed by atoms with Crippen molar-refractivity contribution < 1.29 is 0 Å². The lowest BCUT2D eigenvalue weighted by Crippen LogP contribution is -1.88. The van der Waals surface area contributed by atoms with Crippen LogP contribution in [0.25, 0.3) is 10.4 Å². The standard InChI is InChI=1S/C12H14N2S/c1-2-6-10-11(15-12(13)14-10)9-7-4-3-5-8-9/h3-5,7-8H,2,6H2,1H3,(H2,13,14). The second-order valence-electron chi connectivity index (χ2n) is 3.44. The predicted molar refractivity (Wildman–Crippen MR) is 66.0 cm³/mol. The van der Waals surface area contributed by atoms with Crippen LogP contribution < -0.4 is 5.73 Å². The van der Waals surface area contributed by atoms with Crippen LogP contribution in [0.1, 0.15) is 19.0 Å². The summed E-state index contributed by atoms with van der Waals surface area (Å²) in [6.45, 7) is 2.16. The molecule has 2 rings (SSSR count). The van der Waals surface area contributed by atoms with Gasteiger partial charge in [-0.25, -0.2) is 4.98 Å². The first-order valence-electron chi connectivity index (χ1n) is 5.12. The molecule has 2 N–H and O–H groups in total. The molecule has 0 saturated heterocycles. The molecule has 0 aliphatic carbocycles. The SMILES string of the molecule is CCCc1nc(N)sc1-c1ccccc1. The van der Waals surface area contributed by atoms with Gasteiger partial charge in [-0.2, -0.15) is 0 Å². The van der Waals surface area contributed by atoms with Crippen molar-refractivity contribution in [3.8, 4) is 10.4 Å². The Morgan fingerprint density at radius 3 is 2.67 bits per heavy atom. The Bertz CT molecular complexity index is 434. The largest absolute Gasteiger partial charge is 0.375 e. The van der Waals surface area contributed by atoms with Gasteiger partial charge in [-0.3, -0.25) is 0 Å². The van der Waals surface area contributed by atoms with Crippen LogP contribution in [-0.4, -0.2) is 4.98 Å². The predicted octanol–water partition coefficient (Wildman–Crippen LogP) is 3.34. The quantitative estimate of drug-likeness (QED) is 0.858. The van der Waals surface area contributed by atoms with Crippen molar-refractivity contribution in [2.24, 2.45) is 0 Å². The van der Waals surface area contributed by atoms with E-state index in [1.54, 1.807) is 11.3 Å². The lowest BCUT2D eigenvalue weighted by molar-refractivity contribution is 0.896. The summed E-state index contributed by atoms with van der Waals surface area (Å²) in [5.41, 5.74) is 8.10. The van der Waals surface area contributed by atoms with E-state index in [2.05, 4.69) is 24.0 Å². The summed E-state index contributed by atoms with van der Waals surface area (Å²) >= 11 is 1.57. The number of anilines is 1. The first-order valence-corrected chi connectivity index (χ1v) is 5.93. The van der Waals surface area contributed by atoms with Gasteiger partial charge in [0.15, 0.2) is 5.13 Å². The normalized spacial score (nSPS) is 10.5. The van der Waals surface area contributed by atoms with E-state index in [-0.39, 0.29) is 0 Å². The third kappa shape index (κ3) is 2.18. The molecule has 0 fully saturated rings. The molecule has 1 aromatic carbocycles. The summed E-state index contributed by atoms with van der Waals surface area (Å²) in [7, 11) is 0. The molecule has 0 aliphatic rings. The summed E-state index contributed by atoms with van der Waals surface area (Å²) in [5.74, 6) is 0. The second kappa shape index (κ2) is 4.45. The number of rotatable bonds is 3. The Morgan fingerprint density at radius 1 is 1.27 bits per heavy atom. The molecule has 2 nitrogen and oxygen atoms in total. The van der Waals surface area contributed by atoms with Crippen molar-refractivity contribution in [1.29, 1.82) is 0 Å². The molecule has 0 aliphatic heterocycles. The minimum Gasteiger partial charge on any atom is -0.375 e. The Morgan fingerprint density at radius 2 is 2.00 bits per heavy atom. The number of aryl methyl sites for hydroxylation is 1. The van der Waals surface area contributed by atoms with Gasteiger partial charge >= 0.3 is 0 Å². The minimum atomic E-state index is 0.664. The fraction of sp³-hybridized carbons (Fsp3) is 0.250. The van der Waals surface area contributed by atoms with Crippen LogP contribution in [0.5, 0.6) is 0 Å². The summed E-state index contributed by atoms with van der Waals surface area (Å²) < 4.78 is 0. The van der Waals surface area contributed by atoms with Gasteiger partial charge < -0.3 is 5.73 Å². The van der Waals surface area contributed by atoms with Crippen LogP contribution in [0.4, 0.5) is 5.13 Å². The second-order valence-corrected chi connectivity index (χ2v) is 4.47. The van der Waals surface area contributed by atoms with Crippen LogP contribution in [0.15, 0.2) is 30.3 Å². The monoisotopic (exact) mass is 218 g/mol. The van der Waals surface area contributed by atoms with E-state index in [0.29, 0.717) is 5.13 Å². The van der Waals surface area contributed by atoms with Crippen LogP contribution in [-0.2, 0) is 6.42 Å². The maximum absolute atomic E-state index is 5.75. The van der Waals surface area contributed by atoms with Crippen molar-refractivity contribution in [3.05, 3.63) is 36.0 Å². The maximum Gasteiger partial charge on any atom is 0.180 e. The third-order valence-electron chi connectivity index (χ3n) is 2.24. The summed E-state index contributed by atoms with van der Waals surface area (Å²) in [5, 5.41) is 0.664. The molecule has 0 radical (unpaired) electrons. The van der Waals surface area contributed by atoms with Gasteiger partial charge in [0.2, 0.25) is 0 Å². The first kappa shape index (κ1) is 10.2. The highest BCUT2D eigenvalue weighted by Gasteiger charge is 2.09. The molecule has 0 atom stereocenters. The zero-order chi connectivity index (χ0) is 10.7. The number of benzene rings is 1. The average Bonchev–Trinajstić information content (AvgIpc) is 2.62. The fourth-order valence-corrected chi connectivity index (χ4v) is 2.48. The first-order chi connectivity index (χ1) is 7.31. The Kier molecular flexibility index (Phi) is 3.02. The van der Waals surface area contributed by atoms with E-state index in [9.17, 15) is 0 Å². The highest BCUT2D eigenvalue weighted by Crippen LogP contribution is 2.32. The Hall–Kier alpha value is -1.35. The van der Waals surface area contributed by atoms with Gasteiger partial charge in [0, 0.05) is 0 Å². The topological polar surface area (TPSA) is 38.9 Å². The number of hydrogen-bond acceptors (Lipinski definition) is 3. The summed E-state index contributed by atoms with van der Waals surface area (Å²) in [4.78, 5) is 5.59. The Balaban J connectivity index is 2.43. The van der Waals surface area contributed by atoms with Crippen molar-refractivity contribution in [2.75, 3.05) is 5.73 Å². The van der Waals surface area contributed by atoms with Gasteiger partial charge in [0.05, 0.1) is 10.6 Å². The number of aromatic nitrogens is 1. The molecule has 15 heavy (non-hydrogen) atoms. The lowest BCUT2D eigenvalue weighted by Gasteiger charge is -1.99. The molecule has 78 valence electrons. The molecule has 0 saturated carbocycles. The zero-order valence-electron chi connectivity index (χ0n) is 8.73. The number of nitrogens with zero attached hydrogens (tertiary/aromatic N) is 1. The summed E-state index contributed by atoms with van der Waals surface area (Å²) in [6, 6.07) is 10.3. The molecule has 0 bridgehead atoms. The maximum atomic E-state index is 5.75. The van der Waals surface area contributed by atoms with Crippen molar-refractivity contribution >= 4 is 16.5 Å². The molecule has 0 spiro atoms. The average molecular weight is 218 g/mol. The fourth-order valence-electron chi connectivity index (χ4n) is 1.59. The van der Waals surface area contributed by atoms with Crippen molar-refractivity contribution in [2.45, 2.75) is 19.8 Å². The van der Waals surface area contributed by atoms with Gasteiger partial charge in [0.25, 0.3) is 0 Å². The molecule has 0 amide bonds. The molecule has 1 aromatic heterocycles. The van der Waals surface area contributed by atoms with Gasteiger partial charge in [-0.15, -0.1) is 0 Å². The minimum absolute atomic E-state index is 0.664. The molecule has 2 aromatic rings. The molecule has 0 unspecified atom stereocenters. The van der Waals surface area contributed by atoms with Gasteiger partial charge in [0.1, 0.15) is 0 Å². The zero-order valence-corrected chi connectivity index (χ0v) is 9.55. The van der Waals surface area contributed by atoms with E-state index in [4.69, 9.17) is 5.73 Å².